The van der Waals surface area contributed by atoms with Gasteiger partial charge in [0.1, 0.15) is 5.02 Å². The van der Waals surface area contributed by atoms with Gasteiger partial charge in [-0.1, -0.05) is 31.4 Å². The molecule has 3 N–H and O–H groups in total. The third-order valence-corrected chi connectivity index (χ3v) is 4.64. The van der Waals surface area contributed by atoms with Crippen molar-refractivity contribution in [2.24, 2.45) is 18.7 Å². The van der Waals surface area contributed by atoms with Crippen LogP contribution in [0.1, 0.15) is 32.6 Å². The van der Waals surface area contributed by atoms with E-state index in [2.05, 4.69) is 17.3 Å². The first-order valence-corrected chi connectivity index (χ1v) is 7.08. The number of aryl methyl sites for hydroxylation is 1. The Labute approximate surface area is 118 Å². The molecule has 1 heterocycles. The Kier molecular flexibility index (Phi) is 4.16. The number of halogens is 1. The van der Waals surface area contributed by atoms with Gasteiger partial charge >= 0.3 is 0 Å². The van der Waals surface area contributed by atoms with E-state index in [9.17, 15) is 4.79 Å². The van der Waals surface area contributed by atoms with Gasteiger partial charge in [0.25, 0.3) is 5.56 Å². The molecule has 0 bridgehead atoms. The van der Waals surface area contributed by atoms with Crippen LogP contribution >= 0.6 is 11.6 Å². The third-order valence-electron chi connectivity index (χ3n) is 4.28. The second-order valence-electron chi connectivity index (χ2n) is 5.43. The molecule has 0 spiro atoms. The molecule has 1 aliphatic rings. The minimum atomic E-state index is -0.290. The summed E-state index contributed by atoms with van der Waals surface area (Å²) in [6.07, 6.45) is 6.11. The third kappa shape index (κ3) is 2.62. The molecule has 1 fully saturated rings. The first kappa shape index (κ1) is 14.3. The predicted molar refractivity (Wildman–Crippen MR) is 77.5 cm³/mol. The van der Waals surface area contributed by atoms with Crippen molar-refractivity contribution >= 4 is 17.3 Å². The topological polar surface area (TPSA) is 72.9 Å². The number of nitrogens with one attached hydrogen (secondary N) is 1. The summed E-state index contributed by atoms with van der Waals surface area (Å²) in [4.78, 5) is 11.8. The van der Waals surface area contributed by atoms with Crippen LogP contribution in [0, 0.1) is 5.92 Å². The smallest absolute Gasteiger partial charge is 0.287 e. The predicted octanol–water partition coefficient (Wildman–Crippen LogP) is 1.75. The van der Waals surface area contributed by atoms with Crippen LogP contribution in [-0.4, -0.2) is 21.9 Å². The fourth-order valence-corrected chi connectivity index (χ4v) is 3.04. The average Bonchev–Trinajstić information content (AvgIpc) is 2.42. The minimum Gasteiger partial charge on any atom is -0.375 e. The molecule has 0 aliphatic heterocycles. The number of rotatable bonds is 3. The summed E-state index contributed by atoms with van der Waals surface area (Å²) in [5, 5.41) is 7.59. The van der Waals surface area contributed by atoms with Gasteiger partial charge in [-0.15, -0.1) is 0 Å². The Hall–Kier alpha value is -1.07. The Morgan fingerprint density at radius 2 is 2.37 bits per heavy atom. The lowest BCUT2D eigenvalue weighted by molar-refractivity contribution is 0.235. The van der Waals surface area contributed by atoms with Crippen molar-refractivity contribution in [1.82, 2.24) is 9.78 Å². The molecule has 2 unspecified atom stereocenters. The normalized spacial score (nSPS) is 27.3. The molecule has 19 heavy (non-hydrogen) atoms. The van der Waals surface area contributed by atoms with Gasteiger partial charge in [-0.2, -0.15) is 5.10 Å². The summed E-state index contributed by atoms with van der Waals surface area (Å²) < 4.78 is 1.23. The first-order chi connectivity index (χ1) is 9.00. The van der Waals surface area contributed by atoms with E-state index in [0.29, 0.717) is 18.2 Å². The average molecular weight is 285 g/mol. The summed E-state index contributed by atoms with van der Waals surface area (Å²) in [5.41, 5.74) is 6.10. The Morgan fingerprint density at radius 3 is 3.00 bits per heavy atom. The van der Waals surface area contributed by atoms with Crippen LogP contribution in [0.5, 0.6) is 0 Å². The van der Waals surface area contributed by atoms with Crippen molar-refractivity contribution in [2.45, 2.75) is 38.1 Å². The summed E-state index contributed by atoms with van der Waals surface area (Å²) in [6.45, 7) is 2.72. The van der Waals surface area contributed by atoms with E-state index < -0.39 is 0 Å². The zero-order valence-electron chi connectivity index (χ0n) is 11.4. The molecule has 1 aliphatic carbocycles. The Bertz CT molecular complexity index is 516. The van der Waals surface area contributed by atoms with E-state index in [4.69, 9.17) is 17.3 Å². The van der Waals surface area contributed by atoms with E-state index in [1.54, 1.807) is 13.2 Å². The molecule has 1 aromatic heterocycles. The SMILES string of the molecule is CC1CCCCC1(CN)Nc1cnn(C)c(=O)c1Cl. The lowest BCUT2D eigenvalue weighted by Gasteiger charge is -2.43. The van der Waals surface area contributed by atoms with Gasteiger partial charge in [-0.05, 0) is 18.8 Å². The lowest BCUT2D eigenvalue weighted by atomic mass is 9.73. The van der Waals surface area contributed by atoms with Crippen molar-refractivity contribution in [3.05, 3.63) is 21.6 Å². The number of hydrogen-bond acceptors (Lipinski definition) is 4. The highest BCUT2D eigenvalue weighted by atomic mass is 35.5. The molecule has 1 aromatic rings. The zero-order valence-corrected chi connectivity index (χ0v) is 12.2. The molecular weight excluding hydrogens is 264 g/mol. The molecule has 106 valence electrons. The molecule has 1 saturated carbocycles. The van der Waals surface area contributed by atoms with Gasteiger partial charge in [-0.25, -0.2) is 4.68 Å². The quantitative estimate of drug-likeness (QED) is 0.887. The maximum atomic E-state index is 11.8. The molecule has 0 amide bonds. The zero-order chi connectivity index (χ0) is 14.0. The van der Waals surface area contributed by atoms with Gasteiger partial charge < -0.3 is 11.1 Å². The minimum absolute atomic E-state index is 0.183. The monoisotopic (exact) mass is 284 g/mol. The summed E-state index contributed by atoms with van der Waals surface area (Å²) >= 11 is 6.11. The largest absolute Gasteiger partial charge is 0.375 e. The maximum Gasteiger partial charge on any atom is 0.287 e. The fourth-order valence-electron chi connectivity index (χ4n) is 2.82. The van der Waals surface area contributed by atoms with E-state index in [0.717, 1.165) is 19.3 Å². The van der Waals surface area contributed by atoms with Gasteiger partial charge in [0.15, 0.2) is 0 Å². The Balaban J connectivity index is 2.33. The van der Waals surface area contributed by atoms with Crippen LogP contribution in [0.15, 0.2) is 11.0 Å². The van der Waals surface area contributed by atoms with E-state index in [-0.39, 0.29) is 16.1 Å². The number of anilines is 1. The lowest BCUT2D eigenvalue weighted by Crippen LogP contribution is -2.52. The van der Waals surface area contributed by atoms with E-state index in [1.165, 1.54) is 11.1 Å². The highest BCUT2D eigenvalue weighted by Gasteiger charge is 2.37. The highest BCUT2D eigenvalue weighted by Crippen LogP contribution is 2.36. The summed E-state index contributed by atoms with van der Waals surface area (Å²) in [5.74, 6) is 0.450. The maximum absolute atomic E-state index is 11.8. The first-order valence-electron chi connectivity index (χ1n) is 6.70. The van der Waals surface area contributed by atoms with Gasteiger partial charge in [0, 0.05) is 13.6 Å². The van der Waals surface area contributed by atoms with Crippen LogP contribution in [-0.2, 0) is 7.05 Å². The van der Waals surface area contributed by atoms with Crippen molar-refractivity contribution in [3.8, 4) is 0 Å². The summed E-state index contributed by atoms with van der Waals surface area (Å²) in [7, 11) is 1.58. The molecule has 2 rings (SSSR count). The fraction of sp³-hybridized carbons (Fsp3) is 0.692. The molecular formula is C13H21ClN4O. The molecule has 5 nitrogen and oxygen atoms in total. The second-order valence-corrected chi connectivity index (χ2v) is 5.81. The van der Waals surface area contributed by atoms with E-state index in [1.807, 2.05) is 0 Å². The van der Waals surface area contributed by atoms with Crippen LogP contribution in [0.3, 0.4) is 0 Å². The van der Waals surface area contributed by atoms with Crippen LogP contribution in [0.4, 0.5) is 5.69 Å². The standard InChI is InChI=1S/C13H21ClN4O/c1-9-5-3-4-6-13(9,8-15)17-10-7-16-18(2)12(19)11(10)14/h7,9,17H,3-6,8,15H2,1-2H3. The summed E-state index contributed by atoms with van der Waals surface area (Å²) in [6, 6.07) is 0. The van der Waals surface area contributed by atoms with Crippen LogP contribution in [0.25, 0.3) is 0 Å². The number of hydrogen-bond donors (Lipinski definition) is 2. The van der Waals surface area contributed by atoms with Crippen LogP contribution in [0.2, 0.25) is 5.02 Å². The molecule has 6 heteroatoms. The van der Waals surface area contributed by atoms with Crippen molar-refractivity contribution in [3.63, 3.8) is 0 Å². The van der Waals surface area contributed by atoms with Gasteiger partial charge in [-0.3, -0.25) is 4.79 Å². The van der Waals surface area contributed by atoms with Crippen LogP contribution < -0.4 is 16.6 Å². The van der Waals surface area contributed by atoms with Crippen molar-refractivity contribution in [1.29, 1.82) is 0 Å². The molecule has 0 radical (unpaired) electrons. The molecule has 2 atom stereocenters. The number of aromatic nitrogens is 2. The van der Waals surface area contributed by atoms with Gasteiger partial charge in [0.2, 0.25) is 0 Å². The number of nitrogens with zero attached hydrogens (tertiary/aromatic N) is 2. The molecule has 0 aromatic carbocycles. The van der Waals surface area contributed by atoms with Crippen molar-refractivity contribution < 1.29 is 0 Å². The van der Waals surface area contributed by atoms with Gasteiger partial charge in [0.05, 0.1) is 17.4 Å². The Morgan fingerprint density at radius 1 is 1.63 bits per heavy atom. The second kappa shape index (κ2) is 5.51. The van der Waals surface area contributed by atoms with Crippen molar-refractivity contribution in [2.75, 3.05) is 11.9 Å². The highest BCUT2D eigenvalue weighted by molar-refractivity contribution is 6.32. The number of nitrogens with two attached hydrogens (primary N) is 1. The molecule has 0 saturated heterocycles. The van der Waals surface area contributed by atoms with E-state index >= 15 is 0 Å².